The number of nitrogens with one attached hydrogen (secondary N) is 2. The summed E-state index contributed by atoms with van der Waals surface area (Å²) in [6.45, 7) is 11.2. The van der Waals surface area contributed by atoms with E-state index in [4.69, 9.17) is 4.99 Å². The van der Waals surface area contributed by atoms with Crippen LogP contribution in [0.1, 0.15) is 46.5 Å². The fraction of sp³-hybridized carbons (Fsp3) is 0.882. The lowest BCUT2D eigenvalue weighted by atomic mass is 9.85. The molecule has 1 amide bonds. The number of thioether (sulfide) groups is 1. The molecule has 1 heterocycles. The van der Waals surface area contributed by atoms with Crippen molar-refractivity contribution in [2.45, 2.75) is 51.2 Å². The first-order valence-electron chi connectivity index (χ1n) is 8.97. The lowest BCUT2D eigenvalue weighted by molar-refractivity contribution is -0.127. The highest BCUT2D eigenvalue weighted by Gasteiger charge is 2.28. The van der Waals surface area contributed by atoms with E-state index in [1.165, 1.54) is 6.42 Å². The molecule has 1 saturated heterocycles. The second-order valence-corrected chi connectivity index (χ2v) is 8.84. The number of nitrogens with zero attached hydrogens (tertiary/aromatic N) is 2. The van der Waals surface area contributed by atoms with E-state index in [0.29, 0.717) is 0 Å². The molecule has 132 valence electrons. The Morgan fingerprint density at radius 3 is 2.74 bits per heavy atom. The first-order valence-corrected chi connectivity index (χ1v) is 9.95. The van der Waals surface area contributed by atoms with Crippen LogP contribution in [0.3, 0.4) is 0 Å². The van der Waals surface area contributed by atoms with Gasteiger partial charge >= 0.3 is 0 Å². The highest BCUT2D eigenvalue weighted by Crippen LogP contribution is 2.29. The lowest BCUT2D eigenvalue weighted by Crippen LogP contribution is -2.51. The Morgan fingerprint density at radius 1 is 1.35 bits per heavy atom. The maximum atomic E-state index is 11.8. The van der Waals surface area contributed by atoms with Gasteiger partial charge in [-0.15, -0.1) is 0 Å². The maximum absolute atomic E-state index is 11.8. The second-order valence-electron chi connectivity index (χ2n) is 7.04. The highest BCUT2D eigenvalue weighted by molar-refractivity contribution is 8.00. The van der Waals surface area contributed by atoms with Crippen molar-refractivity contribution in [2.24, 2.45) is 10.9 Å². The van der Waals surface area contributed by atoms with Gasteiger partial charge in [-0.3, -0.25) is 9.79 Å². The van der Waals surface area contributed by atoms with Gasteiger partial charge in [0.1, 0.15) is 0 Å². The van der Waals surface area contributed by atoms with Gasteiger partial charge in [0.05, 0.1) is 0 Å². The van der Waals surface area contributed by atoms with Crippen LogP contribution >= 0.6 is 11.8 Å². The summed E-state index contributed by atoms with van der Waals surface area (Å²) < 4.78 is 0.283. The topological polar surface area (TPSA) is 56.7 Å². The highest BCUT2D eigenvalue weighted by atomic mass is 32.2. The largest absolute Gasteiger partial charge is 0.357 e. The molecule has 2 N–H and O–H groups in total. The molecule has 1 aliphatic heterocycles. The van der Waals surface area contributed by atoms with Crippen molar-refractivity contribution < 1.29 is 4.79 Å². The van der Waals surface area contributed by atoms with E-state index >= 15 is 0 Å². The normalized spacial score (nSPS) is 21.7. The minimum atomic E-state index is 0.238. The number of carbonyl (C=O) groups excluding carboxylic acids is 1. The van der Waals surface area contributed by atoms with Crippen LogP contribution in [0.2, 0.25) is 0 Å². The SMILES string of the molecule is CCNC(=NCCCNC(=O)C1CCC1)N1CCSC(C)(C)C1. The molecule has 0 atom stereocenters. The summed E-state index contributed by atoms with van der Waals surface area (Å²) in [5.74, 6) is 2.69. The third kappa shape index (κ3) is 5.90. The van der Waals surface area contributed by atoms with Crippen LogP contribution in [0, 0.1) is 5.92 Å². The van der Waals surface area contributed by atoms with Crippen molar-refractivity contribution >= 4 is 23.6 Å². The van der Waals surface area contributed by atoms with Gasteiger partial charge in [0, 0.05) is 49.1 Å². The fourth-order valence-corrected chi connectivity index (χ4v) is 4.02. The zero-order chi connectivity index (χ0) is 16.7. The number of amides is 1. The van der Waals surface area contributed by atoms with Gasteiger partial charge in [0.25, 0.3) is 0 Å². The molecule has 2 fully saturated rings. The number of guanidine groups is 1. The van der Waals surface area contributed by atoms with Crippen molar-refractivity contribution in [3.63, 3.8) is 0 Å². The summed E-state index contributed by atoms with van der Waals surface area (Å²) >= 11 is 2.03. The van der Waals surface area contributed by atoms with E-state index in [0.717, 1.165) is 63.7 Å². The van der Waals surface area contributed by atoms with Crippen LogP contribution < -0.4 is 10.6 Å². The smallest absolute Gasteiger partial charge is 0.223 e. The zero-order valence-corrected chi connectivity index (χ0v) is 15.7. The molecule has 23 heavy (non-hydrogen) atoms. The Morgan fingerprint density at radius 2 is 2.13 bits per heavy atom. The molecule has 0 aromatic rings. The Labute approximate surface area is 145 Å². The number of hydrogen-bond donors (Lipinski definition) is 2. The Bertz CT molecular complexity index is 421. The van der Waals surface area contributed by atoms with Crippen LogP contribution in [0.15, 0.2) is 4.99 Å². The summed E-state index contributed by atoms with van der Waals surface area (Å²) in [5, 5.41) is 6.44. The monoisotopic (exact) mass is 340 g/mol. The molecular formula is C17H32N4OS. The zero-order valence-electron chi connectivity index (χ0n) is 14.9. The van der Waals surface area contributed by atoms with Crippen molar-refractivity contribution in [1.29, 1.82) is 0 Å². The number of aliphatic imine (C=N–C) groups is 1. The van der Waals surface area contributed by atoms with Crippen LogP contribution in [0.25, 0.3) is 0 Å². The summed E-state index contributed by atoms with van der Waals surface area (Å²) in [4.78, 5) is 18.9. The average molecular weight is 341 g/mol. The van der Waals surface area contributed by atoms with Crippen molar-refractivity contribution in [2.75, 3.05) is 38.5 Å². The van der Waals surface area contributed by atoms with E-state index in [-0.39, 0.29) is 16.6 Å². The Hall–Kier alpha value is -0.910. The molecule has 0 radical (unpaired) electrons. The molecule has 0 bridgehead atoms. The average Bonchev–Trinajstić information content (AvgIpc) is 2.42. The van der Waals surface area contributed by atoms with E-state index < -0.39 is 0 Å². The molecule has 5 nitrogen and oxygen atoms in total. The molecular weight excluding hydrogens is 308 g/mol. The molecule has 0 aromatic heterocycles. The van der Waals surface area contributed by atoms with E-state index in [9.17, 15) is 4.79 Å². The van der Waals surface area contributed by atoms with Crippen molar-refractivity contribution in [3.8, 4) is 0 Å². The van der Waals surface area contributed by atoms with Crippen LogP contribution in [0.5, 0.6) is 0 Å². The standard InChI is InChI=1S/C17H32N4OS/c1-4-18-16(21-11-12-23-17(2,3)13-21)20-10-6-9-19-15(22)14-7-5-8-14/h14H,4-13H2,1-3H3,(H,18,20)(H,19,22). The molecule has 1 aliphatic carbocycles. The Kier molecular flexibility index (Phi) is 7.06. The molecule has 2 aliphatic rings. The molecule has 2 rings (SSSR count). The van der Waals surface area contributed by atoms with Crippen molar-refractivity contribution in [1.82, 2.24) is 15.5 Å². The van der Waals surface area contributed by atoms with E-state index in [2.05, 4.69) is 36.3 Å². The summed E-state index contributed by atoms with van der Waals surface area (Å²) in [7, 11) is 0. The summed E-state index contributed by atoms with van der Waals surface area (Å²) in [6, 6.07) is 0. The molecule has 6 heteroatoms. The maximum Gasteiger partial charge on any atom is 0.223 e. The number of rotatable bonds is 6. The fourth-order valence-electron chi connectivity index (χ4n) is 2.91. The van der Waals surface area contributed by atoms with Crippen molar-refractivity contribution in [3.05, 3.63) is 0 Å². The summed E-state index contributed by atoms with van der Waals surface area (Å²) in [5.41, 5.74) is 0. The Balaban J connectivity index is 1.73. The van der Waals surface area contributed by atoms with Gasteiger partial charge in [-0.1, -0.05) is 6.42 Å². The number of carbonyl (C=O) groups is 1. The first-order chi connectivity index (χ1) is 11.0. The van der Waals surface area contributed by atoms with Gasteiger partial charge < -0.3 is 15.5 Å². The van der Waals surface area contributed by atoms with Crippen LogP contribution in [-0.2, 0) is 4.79 Å². The van der Waals surface area contributed by atoms with Crippen LogP contribution in [-0.4, -0.2) is 60.0 Å². The summed E-state index contributed by atoms with van der Waals surface area (Å²) in [6.07, 6.45) is 4.24. The molecule has 0 unspecified atom stereocenters. The van der Waals surface area contributed by atoms with Gasteiger partial charge in [-0.05, 0) is 40.0 Å². The first kappa shape index (κ1) is 18.4. The third-order valence-corrected chi connectivity index (χ3v) is 5.73. The molecule has 1 saturated carbocycles. The minimum Gasteiger partial charge on any atom is -0.357 e. The molecule has 0 aromatic carbocycles. The quantitative estimate of drug-likeness (QED) is 0.442. The predicted molar refractivity (Wildman–Crippen MR) is 99.1 cm³/mol. The van der Waals surface area contributed by atoms with Gasteiger partial charge in [0.15, 0.2) is 5.96 Å². The van der Waals surface area contributed by atoms with E-state index in [1.54, 1.807) is 0 Å². The second kappa shape index (κ2) is 8.81. The lowest BCUT2D eigenvalue weighted by Gasteiger charge is -2.39. The van der Waals surface area contributed by atoms with Gasteiger partial charge in [-0.2, -0.15) is 11.8 Å². The van der Waals surface area contributed by atoms with Gasteiger partial charge in [-0.25, -0.2) is 0 Å². The predicted octanol–water partition coefficient (Wildman–Crippen LogP) is 2.09. The van der Waals surface area contributed by atoms with E-state index in [1.807, 2.05) is 11.8 Å². The van der Waals surface area contributed by atoms with Gasteiger partial charge in [0.2, 0.25) is 5.91 Å². The minimum absolute atomic E-state index is 0.238. The molecule has 0 spiro atoms. The van der Waals surface area contributed by atoms with Crippen LogP contribution in [0.4, 0.5) is 0 Å². The number of hydrogen-bond acceptors (Lipinski definition) is 3. The third-order valence-electron chi connectivity index (χ3n) is 4.43.